The van der Waals surface area contributed by atoms with Crippen LogP contribution in [0, 0.1) is 0 Å². The molecule has 0 unspecified atom stereocenters. The van der Waals surface area contributed by atoms with Crippen molar-refractivity contribution in [1.82, 2.24) is 14.3 Å². The average Bonchev–Trinajstić information content (AvgIpc) is 2.79. The lowest BCUT2D eigenvalue weighted by atomic mass is 10.2. The second-order valence-corrected chi connectivity index (χ2v) is 6.16. The van der Waals surface area contributed by atoms with Crippen LogP contribution < -0.4 is 11.0 Å². The molecule has 1 aromatic heterocycles. The smallest absolute Gasteiger partial charge is 0.346 e. The molecule has 3 rings (SSSR count). The molecule has 8 nitrogen and oxygen atoms in total. The summed E-state index contributed by atoms with van der Waals surface area (Å²) in [6.45, 7) is 2.56. The number of aryl methyl sites for hydroxylation is 1. The van der Waals surface area contributed by atoms with Gasteiger partial charge in [0.2, 0.25) is 5.91 Å². The van der Waals surface area contributed by atoms with Crippen LogP contribution in [0.4, 0.5) is 5.69 Å². The third-order valence-corrected chi connectivity index (χ3v) is 4.25. The lowest BCUT2D eigenvalue weighted by Gasteiger charge is -2.06. The number of aromatic nitrogens is 3. The number of carbonyl (C=O) groups excluding carboxylic acids is 2. The van der Waals surface area contributed by atoms with Crippen molar-refractivity contribution >= 4 is 17.6 Å². The fourth-order valence-electron chi connectivity index (χ4n) is 2.97. The van der Waals surface area contributed by atoms with E-state index >= 15 is 0 Å². The molecule has 0 atom stereocenters. The Hall–Kier alpha value is -2.90. The van der Waals surface area contributed by atoms with E-state index in [9.17, 15) is 14.4 Å². The molecule has 2 aromatic rings. The molecule has 0 fully saturated rings. The van der Waals surface area contributed by atoms with Crippen LogP contribution in [0.5, 0.6) is 0 Å². The van der Waals surface area contributed by atoms with Crippen molar-refractivity contribution in [3.05, 3.63) is 46.1 Å². The lowest BCUT2D eigenvalue weighted by molar-refractivity contribution is -0.117. The molecule has 26 heavy (non-hydrogen) atoms. The fourth-order valence-corrected chi connectivity index (χ4v) is 2.97. The molecule has 138 valence electrons. The fraction of sp³-hybridized carbons (Fsp3) is 0.444. The number of esters is 1. The van der Waals surface area contributed by atoms with E-state index in [-0.39, 0.29) is 18.1 Å². The second-order valence-electron chi connectivity index (χ2n) is 6.16. The summed E-state index contributed by atoms with van der Waals surface area (Å²) >= 11 is 0. The zero-order valence-corrected chi connectivity index (χ0v) is 14.7. The molecule has 1 aromatic carbocycles. The molecule has 0 bridgehead atoms. The predicted molar refractivity (Wildman–Crippen MR) is 95.1 cm³/mol. The largest absolute Gasteiger partial charge is 0.462 e. The average molecular weight is 358 g/mol. The van der Waals surface area contributed by atoms with Crippen molar-refractivity contribution in [2.24, 2.45) is 0 Å². The van der Waals surface area contributed by atoms with E-state index in [1.807, 2.05) is 0 Å². The van der Waals surface area contributed by atoms with Gasteiger partial charge in [0.25, 0.3) is 0 Å². The third-order valence-electron chi connectivity index (χ3n) is 4.25. The third kappa shape index (κ3) is 4.01. The number of benzene rings is 1. The standard InChI is InChI=1S/C18H22N4O4/c1-2-26-17(24)13-7-9-14(10-8-13)19-16(23)12-22-18(25)21-11-5-3-4-6-15(21)20-22/h7-10H,2-6,11-12H2,1H3,(H,19,23). The Bertz CT molecular complexity index is 851. The maximum Gasteiger partial charge on any atom is 0.346 e. The molecule has 0 aliphatic carbocycles. The van der Waals surface area contributed by atoms with Gasteiger partial charge < -0.3 is 10.1 Å². The van der Waals surface area contributed by atoms with E-state index in [1.165, 1.54) is 4.68 Å². The summed E-state index contributed by atoms with van der Waals surface area (Å²) in [7, 11) is 0. The highest BCUT2D eigenvalue weighted by molar-refractivity contribution is 5.92. The monoisotopic (exact) mass is 358 g/mol. The summed E-state index contributed by atoms with van der Waals surface area (Å²) < 4.78 is 7.79. The number of carbonyl (C=O) groups is 2. The summed E-state index contributed by atoms with van der Waals surface area (Å²) in [5.74, 6) is -0.000211. The first kappa shape index (κ1) is 17.9. The van der Waals surface area contributed by atoms with Gasteiger partial charge in [-0.3, -0.25) is 9.36 Å². The number of hydrogen-bond acceptors (Lipinski definition) is 5. The lowest BCUT2D eigenvalue weighted by Crippen LogP contribution is -2.30. The van der Waals surface area contributed by atoms with Crippen molar-refractivity contribution in [2.45, 2.75) is 45.7 Å². The van der Waals surface area contributed by atoms with Gasteiger partial charge in [0.15, 0.2) is 0 Å². The van der Waals surface area contributed by atoms with Gasteiger partial charge in [-0.05, 0) is 44.0 Å². The number of amides is 1. The van der Waals surface area contributed by atoms with E-state index in [0.29, 0.717) is 24.4 Å². The van der Waals surface area contributed by atoms with E-state index in [4.69, 9.17) is 4.74 Å². The highest BCUT2D eigenvalue weighted by Crippen LogP contribution is 2.12. The summed E-state index contributed by atoms with van der Waals surface area (Å²) in [4.78, 5) is 36.2. The Morgan fingerprint density at radius 2 is 1.96 bits per heavy atom. The molecular formula is C18H22N4O4. The number of ether oxygens (including phenoxy) is 1. The molecule has 0 saturated heterocycles. The zero-order chi connectivity index (χ0) is 18.5. The van der Waals surface area contributed by atoms with Crippen molar-refractivity contribution in [3.8, 4) is 0 Å². The minimum atomic E-state index is -0.406. The first-order valence-electron chi connectivity index (χ1n) is 8.82. The van der Waals surface area contributed by atoms with E-state index in [0.717, 1.165) is 31.5 Å². The molecule has 1 aliphatic rings. The summed E-state index contributed by atoms with van der Waals surface area (Å²) in [5, 5.41) is 7.00. The van der Waals surface area contributed by atoms with Gasteiger partial charge in [-0.25, -0.2) is 14.3 Å². The number of rotatable bonds is 5. The maximum atomic E-state index is 12.4. The van der Waals surface area contributed by atoms with Gasteiger partial charge in [0, 0.05) is 18.7 Å². The Labute approximate surface area is 150 Å². The quantitative estimate of drug-likeness (QED) is 0.819. The van der Waals surface area contributed by atoms with Crippen molar-refractivity contribution in [3.63, 3.8) is 0 Å². The van der Waals surface area contributed by atoms with Crippen LogP contribution in [0.2, 0.25) is 0 Å². The summed E-state index contributed by atoms with van der Waals surface area (Å²) in [5.41, 5.74) is 0.713. The minimum absolute atomic E-state index is 0.140. The van der Waals surface area contributed by atoms with Gasteiger partial charge in [0.05, 0.1) is 12.2 Å². The van der Waals surface area contributed by atoms with Crippen molar-refractivity contribution < 1.29 is 14.3 Å². The molecule has 1 aliphatic heterocycles. The summed E-state index contributed by atoms with van der Waals surface area (Å²) in [6, 6.07) is 6.40. The van der Waals surface area contributed by atoms with Crippen LogP contribution in [0.25, 0.3) is 0 Å². The van der Waals surface area contributed by atoms with E-state index in [2.05, 4.69) is 10.4 Å². The number of anilines is 1. The topological polar surface area (TPSA) is 95.2 Å². The van der Waals surface area contributed by atoms with Gasteiger partial charge in [-0.2, -0.15) is 5.10 Å². The molecule has 1 amide bonds. The highest BCUT2D eigenvalue weighted by atomic mass is 16.5. The van der Waals surface area contributed by atoms with Gasteiger partial charge in [-0.15, -0.1) is 0 Å². The first-order valence-corrected chi connectivity index (χ1v) is 8.82. The molecule has 8 heteroatoms. The van der Waals surface area contributed by atoms with E-state index < -0.39 is 5.97 Å². The molecule has 0 saturated carbocycles. The SMILES string of the molecule is CCOC(=O)c1ccc(NC(=O)Cn2nc3n(c2=O)CCCCC3)cc1. The van der Waals surface area contributed by atoms with Gasteiger partial charge in [0.1, 0.15) is 12.4 Å². The van der Waals surface area contributed by atoms with Crippen LogP contribution >= 0.6 is 0 Å². The Morgan fingerprint density at radius 3 is 2.69 bits per heavy atom. The van der Waals surface area contributed by atoms with Gasteiger partial charge in [-0.1, -0.05) is 6.42 Å². The van der Waals surface area contributed by atoms with Crippen LogP contribution in [0.15, 0.2) is 29.1 Å². The molecular weight excluding hydrogens is 336 g/mol. The predicted octanol–water partition coefficient (Wildman–Crippen LogP) is 1.59. The normalized spacial score (nSPS) is 13.6. The Morgan fingerprint density at radius 1 is 1.19 bits per heavy atom. The van der Waals surface area contributed by atoms with Crippen molar-refractivity contribution in [1.29, 1.82) is 0 Å². The Balaban J connectivity index is 1.64. The number of fused-ring (bicyclic) bond motifs is 1. The zero-order valence-electron chi connectivity index (χ0n) is 14.7. The molecule has 2 heterocycles. The summed E-state index contributed by atoms with van der Waals surface area (Å²) in [6.07, 6.45) is 3.82. The number of nitrogens with one attached hydrogen (secondary N) is 1. The molecule has 1 N–H and O–H groups in total. The molecule has 0 spiro atoms. The number of nitrogens with zero attached hydrogens (tertiary/aromatic N) is 3. The van der Waals surface area contributed by atoms with Crippen LogP contribution in [0.3, 0.4) is 0 Å². The number of hydrogen-bond donors (Lipinski definition) is 1. The Kier molecular flexibility index (Phi) is 5.50. The first-order chi connectivity index (χ1) is 12.6. The van der Waals surface area contributed by atoms with E-state index in [1.54, 1.807) is 35.8 Å². The highest BCUT2D eigenvalue weighted by Gasteiger charge is 2.17. The minimum Gasteiger partial charge on any atom is -0.462 e. The maximum absolute atomic E-state index is 12.4. The van der Waals surface area contributed by atoms with Crippen LogP contribution in [0.1, 0.15) is 42.4 Å². The second kappa shape index (κ2) is 7.99. The van der Waals surface area contributed by atoms with Crippen molar-refractivity contribution in [2.75, 3.05) is 11.9 Å². The van der Waals surface area contributed by atoms with Crippen LogP contribution in [-0.2, 0) is 29.0 Å². The molecule has 0 radical (unpaired) electrons. The van der Waals surface area contributed by atoms with Gasteiger partial charge >= 0.3 is 11.7 Å². The van der Waals surface area contributed by atoms with Crippen LogP contribution in [-0.4, -0.2) is 32.8 Å².